The zero-order valence-electron chi connectivity index (χ0n) is 8.78. The monoisotopic (exact) mass is 269 g/mol. The van der Waals surface area contributed by atoms with E-state index >= 15 is 0 Å². The van der Waals surface area contributed by atoms with Gasteiger partial charge in [0, 0.05) is 0 Å². The molecule has 0 unspecified atom stereocenters. The number of halogens is 6. The molecule has 1 aromatic carbocycles. The lowest BCUT2D eigenvalue weighted by atomic mass is 10.0. The number of rotatable bonds is 1. The van der Waals surface area contributed by atoms with Crippen LogP contribution in [0.15, 0.2) is 12.1 Å². The minimum atomic E-state index is -5.04. The molecule has 0 radical (unpaired) electrons. The third-order valence-corrected chi connectivity index (χ3v) is 2.07. The first-order valence-electron chi connectivity index (χ1n) is 4.37. The van der Waals surface area contributed by atoms with Crippen LogP contribution < -0.4 is 4.74 Å². The van der Waals surface area contributed by atoms with Crippen molar-refractivity contribution in [2.75, 3.05) is 7.11 Å². The van der Waals surface area contributed by atoms with Crippen molar-refractivity contribution < 1.29 is 31.1 Å². The van der Waals surface area contributed by atoms with Crippen LogP contribution in [0.3, 0.4) is 0 Å². The van der Waals surface area contributed by atoms with E-state index in [9.17, 15) is 26.3 Å². The first-order chi connectivity index (χ1) is 8.11. The average Bonchev–Trinajstić information content (AvgIpc) is 2.24. The third kappa shape index (κ3) is 2.67. The van der Waals surface area contributed by atoms with Gasteiger partial charge < -0.3 is 4.74 Å². The highest BCUT2D eigenvalue weighted by atomic mass is 19.4. The number of benzene rings is 1. The molecule has 0 aromatic heterocycles. The van der Waals surface area contributed by atoms with Gasteiger partial charge in [-0.05, 0) is 12.1 Å². The van der Waals surface area contributed by atoms with Gasteiger partial charge in [0.1, 0.15) is 5.75 Å². The second kappa shape index (κ2) is 4.40. The molecule has 0 spiro atoms. The van der Waals surface area contributed by atoms with Gasteiger partial charge in [0.2, 0.25) is 0 Å². The second-order valence-electron chi connectivity index (χ2n) is 3.21. The van der Waals surface area contributed by atoms with E-state index in [1.165, 1.54) is 6.07 Å². The van der Waals surface area contributed by atoms with Crippen molar-refractivity contribution in [3.8, 4) is 11.8 Å². The number of alkyl halides is 6. The van der Waals surface area contributed by atoms with E-state index < -0.39 is 34.8 Å². The molecule has 0 bridgehead atoms. The van der Waals surface area contributed by atoms with E-state index in [0.717, 1.165) is 7.11 Å². The maximum absolute atomic E-state index is 12.5. The lowest BCUT2D eigenvalue weighted by Crippen LogP contribution is -2.14. The van der Waals surface area contributed by atoms with Crippen LogP contribution in [0, 0.1) is 11.3 Å². The van der Waals surface area contributed by atoms with E-state index in [0.29, 0.717) is 6.07 Å². The molecule has 98 valence electrons. The van der Waals surface area contributed by atoms with Crippen molar-refractivity contribution in [1.82, 2.24) is 0 Å². The maximum Gasteiger partial charge on any atom is 0.419 e. The fraction of sp³-hybridized carbons (Fsp3) is 0.300. The summed E-state index contributed by atoms with van der Waals surface area (Å²) in [5, 5.41) is 8.51. The van der Waals surface area contributed by atoms with E-state index in [-0.39, 0.29) is 6.07 Å². The Labute approximate surface area is 97.4 Å². The molecular formula is C10H5F6NO. The molecule has 18 heavy (non-hydrogen) atoms. The van der Waals surface area contributed by atoms with Gasteiger partial charge >= 0.3 is 12.4 Å². The Kier molecular flexibility index (Phi) is 3.46. The van der Waals surface area contributed by atoms with Gasteiger partial charge in [0.15, 0.2) is 0 Å². The van der Waals surface area contributed by atoms with Crippen LogP contribution in [0.25, 0.3) is 0 Å². The van der Waals surface area contributed by atoms with Crippen LogP contribution in [-0.4, -0.2) is 7.11 Å². The average molecular weight is 269 g/mol. The van der Waals surface area contributed by atoms with E-state index in [4.69, 9.17) is 5.26 Å². The standard InChI is InChI=1S/C10H5F6NO/c1-18-8-2-5(4-17)6(9(11,12)13)3-7(8)10(14,15)16/h2-3H,1H3. The molecule has 0 heterocycles. The quantitative estimate of drug-likeness (QED) is 0.730. The first-order valence-corrected chi connectivity index (χ1v) is 4.37. The number of methoxy groups -OCH3 is 1. The zero-order chi connectivity index (χ0) is 14.1. The number of hydrogen-bond donors (Lipinski definition) is 0. The van der Waals surface area contributed by atoms with Crippen molar-refractivity contribution in [2.24, 2.45) is 0 Å². The lowest BCUT2D eigenvalue weighted by Gasteiger charge is -2.16. The van der Waals surface area contributed by atoms with Gasteiger partial charge in [-0.25, -0.2) is 0 Å². The Morgan fingerprint density at radius 3 is 1.83 bits per heavy atom. The van der Waals surface area contributed by atoms with Crippen molar-refractivity contribution in [2.45, 2.75) is 12.4 Å². The van der Waals surface area contributed by atoms with E-state index in [1.54, 1.807) is 0 Å². The summed E-state index contributed by atoms with van der Waals surface area (Å²) in [7, 11) is 0.874. The molecule has 0 saturated carbocycles. The van der Waals surface area contributed by atoms with Crippen molar-refractivity contribution in [3.05, 3.63) is 28.8 Å². The van der Waals surface area contributed by atoms with Crippen LogP contribution in [0.4, 0.5) is 26.3 Å². The van der Waals surface area contributed by atoms with Crippen LogP contribution in [0.5, 0.6) is 5.75 Å². The van der Waals surface area contributed by atoms with Gasteiger partial charge in [-0.1, -0.05) is 0 Å². The highest BCUT2D eigenvalue weighted by molar-refractivity contribution is 5.50. The molecule has 0 fully saturated rings. The lowest BCUT2D eigenvalue weighted by molar-refractivity contribution is -0.143. The summed E-state index contributed by atoms with van der Waals surface area (Å²) in [6.07, 6.45) is -10.0. The largest absolute Gasteiger partial charge is 0.496 e. The highest BCUT2D eigenvalue weighted by Gasteiger charge is 2.40. The molecule has 2 nitrogen and oxygen atoms in total. The summed E-state index contributed by atoms with van der Waals surface area (Å²) in [6, 6.07) is 1.48. The van der Waals surface area contributed by atoms with Crippen molar-refractivity contribution >= 4 is 0 Å². The molecule has 0 aliphatic carbocycles. The van der Waals surface area contributed by atoms with E-state index in [1.807, 2.05) is 0 Å². The van der Waals surface area contributed by atoms with Crippen LogP contribution in [0.2, 0.25) is 0 Å². The highest BCUT2D eigenvalue weighted by Crippen LogP contribution is 2.41. The third-order valence-electron chi connectivity index (χ3n) is 2.07. The maximum atomic E-state index is 12.5. The Balaban J connectivity index is 3.61. The summed E-state index contributed by atoms with van der Waals surface area (Å²) < 4.78 is 79.3. The van der Waals surface area contributed by atoms with Gasteiger partial charge in [-0.2, -0.15) is 31.6 Å². The molecule has 0 atom stereocenters. The molecule has 0 aliphatic rings. The van der Waals surface area contributed by atoms with Crippen LogP contribution in [0.1, 0.15) is 16.7 Å². The molecule has 0 saturated heterocycles. The number of ether oxygens (including phenoxy) is 1. The van der Waals surface area contributed by atoms with Crippen molar-refractivity contribution in [3.63, 3.8) is 0 Å². The second-order valence-corrected chi connectivity index (χ2v) is 3.21. The fourth-order valence-electron chi connectivity index (χ4n) is 1.30. The Morgan fingerprint density at radius 1 is 1.00 bits per heavy atom. The Hall–Kier alpha value is -1.91. The van der Waals surface area contributed by atoms with Crippen molar-refractivity contribution in [1.29, 1.82) is 5.26 Å². The molecule has 1 aromatic rings. The number of hydrogen-bond acceptors (Lipinski definition) is 2. The van der Waals surface area contributed by atoms with Gasteiger partial charge in [0.25, 0.3) is 0 Å². The van der Waals surface area contributed by atoms with Crippen LogP contribution >= 0.6 is 0 Å². The van der Waals surface area contributed by atoms with Gasteiger partial charge in [-0.3, -0.25) is 0 Å². The van der Waals surface area contributed by atoms with Crippen LogP contribution in [-0.2, 0) is 12.4 Å². The molecule has 8 heteroatoms. The van der Waals surface area contributed by atoms with Gasteiger partial charge in [-0.15, -0.1) is 0 Å². The molecular weight excluding hydrogens is 264 g/mol. The summed E-state index contributed by atoms with van der Waals surface area (Å²) >= 11 is 0. The minimum Gasteiger partial charge on any atom is -0.496 e. The number of nitriles is 1. The first kappa shape index (κ1) is 14.2. The SMILES string of the molecule is COc1cc(C#N)c(C(F)(F)F)cc1C(F)(F)F. The molecule has 0 aliphatic heterocycles. The van der Waals surface area contributed by atoms with E-state index in [2.05, 4.69) is 4.74 Å². The summed E-state index contributed by atoms with van der Waals surface area (Å²) in [6.45, 7) is 0. The topological polar surface area (TPSA) is 33.0 Å². The molecule has 1 rings (SSSR count). The van der Waals surface area contributed by atoms with Gasteiger partial charge in [0.05, 0.1) is 29.9 Å². The summed E-state index contributed by atoms with van der Waals surface area (Å²) in [5.74, 6) is -0.827. The smallest absolute Gasteiger partial charge is 0.419 e. The number of nitrogens with zero attached hydrogens (tertiary/aromatic N) is 1. The Bertz CT molecular complexity index is 497. The normalized spacial score (nSPS) is 12.1. The molecule has 0 N–H and O–H groups in total. The Morgan fingerprint density at radius 2 is 1.50 bits per heavy atom. The molecule has 0 amide bonds. The summed E-state index contributed by atoms with van der Waals surface area (Å²) in [4.78, 5) is 0. The summed E-state index contributed by atoms with van der Waals surface area (Å²) in [5.41, 5.74) is -4.14. The fourth-order valence-corrected chi connectivity index (χ4v) is 1.30. The zero-order valence-corrected chi connectivity index (χ0v) is 8.78. The predicted molar refractivity (Wildman–Crippen MR) is 47.7 cm³/mol. The predicted octanol–water partition coefficient (Wildman–Crippen LogP) is 3.60. The minimum absolute atomic E-state index is 0.128.